The molecule has 0 radical (unpaired) electrons. The van der Waals surface area contributed by atoms with E-state index in [-0.39, 0.29) is 6.04 Å². The Kier molecular flexibility index (Phi) is 2.97. The molecule has 0 bridgehead atoms. The van der Waals surface area contributed by atoms with Crippen LogP contribution < -0.4 is 0 Å². The number of imidazole rings is 1. The van der Waals surface area contributed by atoms with Crippen molar-refractivity contribution in [1.82, 2.24) is 14.9 Å². The number of ketones is 2. The summed E-state index contributed by atoms with van der Waals surface area (Å²) in [7, 11) is 0. The van der Waals surface area contributed by atoms with Gasteiger partial charge in [-0.25, -0.2) is 4.98 Å². The number of carbonyl (C=O) groups is 2. The van der Waals surface area contributed by atoms with Gasteiger partial charge in [0.25, 0.3) is 5.78 Å². The van der Waals surface area contributed by atoms with Crippen molar-refractivity contribution in [3.8, 4) is 11.3 Å². The summed E-state index contributed by atoms with van der Waals surface area (Å²) in [6, 6.07) is 7.31. The average molecular weight is 295 g/mol. The minimum atomic E-state index is -0.485. The van der Waals surface area contributed by atoms with Gasteiger partial charge in [-0.2, -0.15) is 0 Å². The van der Waals surface area contributed by atoms with E-state index in [0.717, 1.165) is 24.5 Å². The topological polar surface area (TPSA) is 66.1 Å². The maximum atomic E-state index is 12.3. The van der Waals surface area contributed by atoms with Crippen LogP contribution in [0.15, 0.2) is 24.3 Å². The molecule has 2 aromatic rings. The summed E-state index contributed by atoms with van der Waals surface area (Å²) in [5, 5.41) is 0. The Hall–Kier alpha value is -2.27. The molecule has 2 heterocycles. The number of rotatable bonds is 2. The number of hydrogen-bond donors (Lipinski definition) is 1. The first-order valence-electron chi connectivity index (χ1n) is 7.69. The smallest absolute Gasteiger partial charge is 0.251 e. The second kappa shape index (κ2) is 4.88. The van der Waals surface area contributed by atoms with E-state index in [0.29, 0.717) is 17.0 Å². The average Bonchev–Trinajstić information content (AvgIpc) is 3.21. The van der Waals surface area contributed by atoms with Gasteiger partial charge < -0.3 is 4.98 Å². The lowest BCUT2D eigenvalue weighted by atomic mass is 9.90. The maximum absolute atomic E-state index is 12.3. The molecule has 1 fully saturated rings. The summed E-state index contributed by atoms with van der Waals surface area (Å²) in [6.45, 7) is 4.19. The molecule has 0 saturated carbocycles. The molecule has 1 atom stereocenters. The Balaban J connectivity index is 1.81. The molecule has 5 heteroatoms. The number of aromatic amines is 1. The molecule has 1 aromatic heterocycles. The number of carbonyl (C=O) groups excluding carboxylic acids is 2. The Morgan fingerprint density at radius 2 is 1.77 bits per heavy atom. The normalized spacial score (nSPS) is 19.1. The lowest BCUT2D eigenvalue weighted by Crippen LogP contribution is -2.24. The van der Waals surface area contributed by atoms with Crippen molar-refractivity contribution >= 4 is 11.6 Å². The molecule has 1 N–H and O–H groups in total. The predicted molar refractivity (Wildman–Crippen MR) is 81.9 cm³/mol. The molecule has 1 aliphatic carbocycles. The van der Waals surface area contributed by atoms with Gasteiger partial charge in [0, 0.05) is 11.1 Å². The van der Waals surface area contributed by atoms with Crippen LogP contribution in [0.5, 0.6) is 0 Å². The van der Waals surface area contributed by atoms with Crippen LogP contribution in [0.25, 0.3) is 11.3 Å². The highest BCUT2D eigenvalue weighted by molar-refractivity contribution is 6.52. The maximum Gasteiger partial charge on any atom is 0.251 e. The van der Waals surface area contributed by atoms with Gasteiger partial charge in [0.2, 0.25) is 5.78 Å². The predicted octanol–water partition coefficient (Wildman–Crippen LogP) is 2.61. The minimum absolute atomic E-state index is 0.128. The minimum Gasteiger partial charge on any atom is -0.337 e. The summed E-state index contributed by atoms with van der Waals surface area (Å²) in [5.41, 5.74) is 2.15. The van der Waals surface area contributed by atoms with E-state index in [1.807, 2.05) is 12.1 Å². The molecule has 0 amide bonds. The van der Waals surface area contributed by atoms with Crippen molar-refractivity contribution < 1.29 is 9.59 Å². The first kappa shape index (κ1) is 13.4. The van der Waals surface area contributed by atoms with E-state index in [2.05, 4.69) is 21.8 Å². The van der Waals surface area contributed by atoms with Gasteiger partial charge in [-0.05, 0) is 32.9 Å². The van der Waals surface area contributed by atoms with Crippen molar-refractivity contribution in [2.75, 3.05) is 13.1 Å². The van der Waals surface area contributed by atoms with E-state index in [9.17, 15) is 9.59 Å². The molecular formula is C17H17N3O2. The molecule has 1 aliphatic heterocycles. The first-order valence-corrected chi connectivity index (χ1v) is 7.69. The molecule has 5 nitrogen and oxygen atoms in total. The first-order chi connectivity index (χ1) is 10.7. The fraction of sp³-hybridized carbons (Fsp3) is 0.353. The van der Waals surface area contributed by atoms with E-state index in [4.69, 9.17) is 0 Å². The second-order valence-corrected chi connectivity index (χ2v) is 5.97. The highest BCUT2D eigenvalue weighted by Crippen LogP contribution is 2.33. The molecule has 4 rings (SSSR count). The number of H-pyrrole nitrogens is 1. The van der Waals surface area contributed by atoms with Gasteiger partial charge in [-0.1, -0.05) is 24.3 Å². The number of hydrogen-bond acceptors (Lipinski definition) is 4. The van der Waals surface area contributed by atoms with Gasteiger partial charge in [0.05, 0.1) is 6.04 Å². The summed E-state index contributed by atoms with van der Waals surface area (Å²) in [4.78, 5) is 34.6. The summed E-state index contributed by atoms with van der Waals surface area (Å²) < 4.78 is 0. The Morgan fingerprint density at radius 3 is 2.50 bits per heavy atom. The van der Waals surface area contributed by atoms with Gasteiger partial charge in [-0.3, -0.25) is 14.5 Å². The fourth-order valence-electron chi connectivity index (χ4n) is 3.37. The molecule has 1 aromatic carbocycles. The van der Waals surface area contributed by atoms with Crippen molar-refractivity contribution in [3.63, 3.8) is 0 Å². The summed E-state index contributed by atoms with van der Waals surface area (Å²) in [6.07, 6.45) is 2.40. The summed E-state index contributed by atoms with van der Waals surface area (Å²) in [5.74, 6) is -0.169. The number of Topliss-reactive ketones (excluding diaryl/α,β-unsaturated/α-hetero) is 2. The second-order valence-electron chi connectivity index (χ2n) is 5.97. The van der Waals surface area contributed by atoms with Crippen molar-refractivity contribution in [1.29, 1.82) is 0 Å². The number of aromatic nitrogens is 2. The molecule has 1 unspecified atom stereocenters. The lowest BCUT2D eigenvalue weighted by molar-refractivity contribution is 0.0812. The van der Waals surface area contributed by atoms with Gasteiger partial charge in [0.1, 0.15) is 17.2 Å². The lowest BCUT2D eigenvalue weighted by Gasteiger charge is -2.21. The van der Waals surface area contributed by atoms with Crippen LogP contribution in [0.4, 0.5) is 0 Å². The Labute approximate surface area is 128 Å². The van der Waals surface area contributed by atoms with E-state index in [1.54, 1.807) is 12.1 Å². The van der Waals surface area contributed by atoms with Crippen LogP contribution in [-0.2, 0) is 0 Å². The third-order valence-corrected chi connectivity index (χ3v) is 4.67. The highest BCUT2D eigenvalue weighted by atomic mass is 16.2. The SMILES string of the molecule is CC(c1nc2c([nH]1)C(=O)C(=O)c1ccccc1-2)N1CCCC1. The van der Waals surface area contributed by atoms with Gasteiger partial charge in [0.15, 0.2) is 0 Å². The molecule has 112 valence electrons. The number of nitrogens with one attached hydrogen (secondary N) is 1. The highest BCUT2D eigenvalue weighted by Gasteiger charge is 2.34. The van der Waals surface area contributed by atoms with E-state index < -0.39 is 11.6 Å². The Morgan fingerprint density at radius 1 is 1.09 bits per heavy atom. The third kappa shape index (κ3) is 1.85. The molecule has 2 aliphatic rings. The number of benzene rings is 1. The van der Waals surface area contributed by atoms with Crippen molar-refractivity contribution in [2.24, 2.45) is 0 Å². The van der Waals surface area contributed by atoms with E-state index in [1.165, 1.54) is 12.8 Å². The third-order valence-electron chi connectivity index (χ3n) is 4.67. The van der Waals surface area contributed by atoms with E-state index >= 15 is 0 Å². The van der Waals surface area contributed by atoms with Crippen LogP contribution in [0.3, 0.4) is 0 Å². The molecular weight excluding hydrogens is 278 g/mol. The number of nitrogens with zero attached hydrogens (tertiary/aromatic N) is 2. The quantitative estimate of drug-likeness (QED) is 0.865. The standard InChI is InChI=1S/C17H17N3O2/c1-10(20-8-4-5-9-20)17-18-13-11-6-2-3-7-12(11)15(21)16(22)14(13)19-17/h2-3,6-7,10H,4-5,8-9H2,1H3,(H,18,19). The van der Waals surface area contributed by atoms with Crippen LogP contribution in [0.2, 0.25) is 0 Å². The Bertz CT molecular complexity index is 772. The van der Waals surface area contributed by atoms with Gasteiger partial charge >= 0.3 is 0 Å². The number of fused-ring (bicyclic) bond motifs is 3. The monoisotopic (exact) mass is 295 g/mol. The van der Waals surface area contributed by atoms with Crippen LogP contribution >= 0.6 is 0 Å². The zero-order valence-corrected chi connectivity index (χ0v) is 12.4. The summed E-state index contributed by atoms with van der Waals surface area (Å²) >= 11 is 0. The van der Waals surface area contributed by atoms with Crippen molar-refractivity contribution in [2.45, 2.75) is 25.8 Å². The van der Waals surface area contributed by atoms with Crippen molar-refractivity contribution in [3.05, 3.63) is 41.3 Å². The van der Waals surface area contributed by atoms with Crippen LogP contribution in [-0.4, -0.2) is 39.5 Å². The fourth-order valence-corrected chi connectivity index (χ4v) is 3.37. The molecule has 22 heavy (non-hydrogen) atoms. The van der Waals surface area contributed by atoms with Crippen LogP contribution in [0, 0.1) is 0 Å². The largest absolute Gasteiger partial charge is 0.337 e. The molecule has 1 saturated heterocycles. The zero-order chi connectivity index (χ0) is 15.3. The van der Waals surface area contributed by atoms with Crippen LogP contribution in [0.1, 0.15) is 52.5 Å². The zero-order valence-electron chi connectivity index (χ0n) is 12.4. The van der Waals surface area contributed by atoms with Gasteiger partial charge in [-0.15, -0.1) is 0 Å². The number of likely N-dealkylation sites (tertiary alicyclic amines) is 1. The molecule has 0 spiro atoms.